The van der Waals surface area contributed by atoms with Crippen LogP contribution in [0, 0.1) is 0 Å². The summed E-state index contributed by atoms with van der Waals surface area (Å²) >= 11 is 0. The van der Waals surface area contributed by atoms with E-state index in [9.17, 15) is 0 Å². The van der Waals surface area contributed by atoms with Crippen molar-refractivity contribution in [2.24, 2.45) is 0 Å². The van der Waals surface area contributed by atoms with Crippen LogP contribution in [-0.2, 0) is 0 Å². The number of hydrogen-bond donors (Lipinski definition) is 1. The Morgan fingerprint density at radius 1 is 1.08 bits per heavy atom. The number of nitrogen functional groups attached to an aromatic ring is 1. The molecule has 0 bridgehead atoms. The second kappa shape index (κ2) is 7.96. The zero-order valence-electron chi connectivity index (χ0n) is 17.3. The molecular weight excluding hydrogens is 308 g/mol. The van der Waals surface area contributed by atoms with Crippen LogP contribution in [-0.4, -0.2) is 69.5 Å². The highest BCUT2D eigenvalue weighted by molar-refractivity contribution is 5.53. The van der Waals surface area contributed by atoms with Crippen LogP contribution >= 0.6 is 0 Å². The van der Waals surface area contributed by atoms with Crippen LogP contribution in [0.25, 0.3) is 0 Å². The lowest BCUT2D eigenvalue weighted by Crippen LogP contribution is -2.66. The number of nitrogens with zero attached hydrogens (tertiary/aromatic N) is 3. The fraction of sp³-hybridized carbons (Fsp3) is 0.714. The van der Waals surface area contributed by atoms with Gasteiger partial charge in [0.15, 0.2) is 0 Å². The first kappa shape index (κ1) is 20.1. The van der Waals surface area contributed by atoms with Crippen LogP contribution in [0.15, 0.2) is 24.3 Å². The van der Waals surface area contributed by atoms with Crippen molar-refractivity contribution < 1.29 is 8.97 Å². The first-order valence-electron chi connectivity index (χ1n) is 9.91. The molecule has 0 aliphatic carbocycles. The van der Waals surface area contributed by atoms with E-state index in [1.807, 2.05) is 12.1 Å². The Kier molecular flexibility index (Phi) is 6.39. The Labute approximate surface area is 155 Å². The van der Waals surface area contributed by atoms with E-state index in [0.29, 0.717) is 12.2 Å². The Hall–Kier alpha value is -1.26. The van der Waals surface area contributed by atoms with Crippen LogP contribution in [0.4, 0.5) is 11.4 Å². The molecule has 0 amide bonds. The number of benzene rings is 1. The van der Waals surface area contributed by atoms with E-state index in [1.54, 1.807) is 0 Å². The minimum Gasteiger partial charge on any atom is -0.399 e. The predicted octanol–water partition coefficient (Wildman–Crippen LogP) is 3.54. The summed E-state index contributed by atoms with van der Waals surface area (Å²) in [4.78, 5) is 2.53. The van der Waals surface area contributed by atoms with Crippen molar-refractivity contribution in [1.29, 1.82) is 0 Å². The molecule has 142 valence electrons. The number of likely N-dealkylation sites (N-methyl/N-ethyl adjacent to an activating group) is 1. The highest BCUT2D eigenvalue weighted by Gasteiger charge is 2.46. The summed E-state index contributed by atoms with van der Waals surface area (Å²) in [6.45, 7) is 4.58. The molecule has 1 aromatic rings. The summed E-state index contributed by atoms with van der Waals surface area (Å²) in [6.07, 6.45) is 7.20. The molecule has 0 saturated carbocycles. The van der Waals surface area contributed by atoms with Gasteiger partial charge >= 0.3 is 0 Å². The van der Waals surface area contributed by atoms with Crippen molar-refractivity contribution in [2.45, 2.75) is 51.2 Å². The molecule has 1 saturated heterocycles. The molecule has 2 unspecified atom stereocenters. The zero-order chi connectivity index (χ0) is 18.7. The van der Waals surface area contributed by atoms with Gasteiger partial charge in [0, 0.05) is 24.3 Å². The molecule has 1 aliphatic rings. The van der Waals surface area contributed by atoms with Crippen molar-refractivity contribution in [3.8, 4) is 0 Å². The average Bonchev–Trinajstić information content (AvgIpc) is 3.01. The van der Waals surface area contributed by atoms with Gasteiger partial charge in [-0.3, -0.25) is 8.97 Å². The van der Waals surface area contributed by atoms with E-state index >= 15 is 0 Å². The molecule has 2 N–H and O–H groups in total. The topological polar surface area (TPSA) is 29.3 Å². The van der Waals surface area contributed by atoms with Gasteiger partial charge in [0.05, 0.1) is 48.2 Å². The molecule has 0 spiro atoms. The molecule has 2 rings (SSSR count). The molecule has 1 aliphatic heterocycles. The van der Waals surface area contributed by atoms with E-state index in [-0.39, 0.29) is 0 Å². The third-order valence-corrected chi connectivity index (χ3v) is 6.09. The van der Waals surface area contributed by atoms with E-state index < -0.39 is 0 Å². The number of nitrogens with two attached hydrogens (primary N) is 1. The Morgan fingerprint density at radius 2 is 1.72 bits per heavy atom. The van der Waals surface area contributed by atoms with Gasteiger partial charge in [-0.1, -0.05) is 19.8 Å². The molecule has 1 fully saturated rings. The van der Waals surface area contributed by atoms with Gasteiger partial charge in [-0.25, -0.2) is 0 Å². The lowest BCUT2D eigenvalue weighted by atomic mass is 10.1. The largest absolute Gasteiger partial charge is 0.399 e. The van der Waals surface area contributed by atoms with Gasteiger partial charge in [-0.05, 0) is 30.7 Å². The second-order valence-electron chi connectivity index (χ2n) is 9.20. The molecule has 4 heteroatoms. The summed E-state index contributed by atoms with van der Waals surface area (Å²) < 4.78 is 2.15. The van der Waals surface area contributed by atoms with Crippen LogP contribution in [0.1, 0.15) is 39.0 Å². The van der Waals surface area contributed by atoms with Gasteiger partial charge in [0.25, 0.3) is 0 Å². The molecule has 0 aromatic heterocycles. The third kappa shape index (κ3) is 4.89. The average molecular weight is 349 g/mol. The van der Waals surface area contributed by atoms with E-state index in [1.165, 1.54) is 37.8 Å². The van der Waals surface area contributed by atoms with Crippen molar-refractivity contribution in [3.05, 3.63) is 24.3 Å². The first-order valence-corrected chi connectivity index (χ1v) is 9.91. The number of quaternary nitrogens is 2. The molecular formula is C21H40N4+2. The van der Waals surface area contributed by atoms with Crippen molar-refractivity contribution in [3.63, 3.8) is 0 Å². The number of hydrogen-bond acceptors (Lipinski definition) is 2. The molecule has 1 heterocycles. The summed E-state index contributed by atoms with van der Waals surface area (Å²) in [5, 5.41) is 0. The number of anilines is 2. The summed E-state index contributed by atoms with van der Waals surface area (Å²) in [7, 11) is 12.0. The van der Waals surface area contributed by atoms with Crippen molar-refractivity contribution in [2.75, 3.05) is 59.0 Å². The number of rotatable bonds is 8. The molecule has 2 atom stereocenters. The Balaban J connectivity index is 2.10. The van der Waals surface area contributed by atoms with E-state index in [2.05, 4.69) is 59.2 Å². The Bertz CT molecular complexity index is 530. The minimum absolute atomic E-state index is 0.642. The lowest BCUT2D eigenvalue weighted by molar-refractivity contribution is -1.11. The maximum Gasteiger partial charge on any atom is 0.215 e. The first-order chi connectivity index (χ1) is 11.7. The van der Waals surface area contributed by atoms with Gasteiger partial charge in [0.1, 0.15) is 6.04 Å². The van der Waals surface area contributed by atoms with Gasteiger partial charge in [-0.2, -0.15) is 0 Å². The number of unbranched alkanes of at least 4 members (excludes halogenated alkanes) is 2. The van der Waals surface area contributed by atoms with Gasteiger partial charge in [0.2, 0.25) is 6.17 Å². The van der Waals surface area contributed by atoms with Gasteiger partial charge < -0.3 is 10.6 Å². The van der Waals surface area contributed by atoms with Crippen LogP contribution in [0.2, 0.25) is 0 Å². The second-order valence-corrected chi connectivity index (χ2v) is 9.20. The normalized spacial score (nSPS) is 20.1. The third-order valence-electron chi connectivity index (χ3n) is 6.09. The van der Waals surface area contributed by atoms with E-state index in [0.717, 1.165) is 27.7 Å². The van der Waals surface area contributed by atoms with Crippen molar-refractivity contribution >= 4 is 11.4 Å². The van der Waals surface area contributed by atoms with Crippen LogP contribution < -0.4 is 10.6 Å². The van der Waals surface area contributed by atoms with E-state index in [4.69, 9.17) is 5.73 Å². The SMILES string of the molecule is CCCCCC([N+](C)(C)C)[N+](C)(C)C1CCN(c2ccc(N)cc2)C1. The quantitative estimate of drug-likeness (QED) is 0.337. The lowest BCUT2D eigenvalue weighted by Gasteiger charge is -2.48. The maximum atomic E-state index is 5.84. The monoisotopic (exact) mass is 348 g/mol. The molecule has 25 heavy (non-hydrogen) atoms. The Morgan fingerprint density at radius 3 is 2.28 bits per heavy atom. The van der Waals surface area contributed by atoms with Crippen LogP contribution in [0.3, 0.4) is 0 Å². The van der Waals surface area contributed by atoms with Crippen molar-refractivity contribution in [1.82, 2.24) is 0 Å². The van der Waals surface area contributed by atoms with Gasteiger partial charge in [-0.15, -0.1) is 0 Å². The highest BCUT2D eigenvalue weighted by Crippen LogP contribution is 2.31. The summed E-state index contributed by atoms with van der Waals surface area (Å²) in [6, 6.07) is 9.04. The standard InChI is InChI=1S/C21H40N4/c1-7-8-9-10-21(24(2,3)4)25(5,6)20-15-16-23(17-20)19-13-11-18(22)12-14-19/h11-14,20-21H,7-10,15-17,22H2,1-6H3/q+2. The minimum atomic E-state index is 0.642. The molecule has 1 aromatic carbocycles. The summed E-state index contributed by atoms with van der Waals surface area (Å²) in [5.74, 6) is 0. The predicted molar refractivity (Wildman–Crippen MR) is 110 cm³/mol. The molecule has 4 nitrogen and oxygen atoms in total. The van der Waals surface area contributed by atoms with Crippen LogP contribution in [0.5, 0.6) is 0 Å². The summed E-state index contributed by atoms with van der Waals surface area (Å²) in [5.41, 5.74) is 8.00. The highest BCUT2D eigenvalue weighted by atomic mass is 15.5. The zero-order valence-corrected chi connectivity index (χ0v) is 17.3. The fourth-order valence-electron chi connectivity index (χ4n) is 4.64. The fourth-order valence-corrected chi connectivity index (χ4v) is 4.64. The molecule has 0 radical (unpaired) electrons. The maximum absolute atomic E-state index is 5.84. The smallest absolute Gasteiger partial charge is 0.215 e.